The van der Waals surface area contributed by atoms with Crippen molar-refractivity contribution in [1.82, 2.24) is 15.3 Å². The molecule has 0 radical (unpaired) electrons. The Balaban J connectivity index is 1.36. The van der Waals surface area contributed by atoms with Gasteiger partial charge >= 0.3 is 0 Å². The van der Waals surface area contributed by atoms with Gasteiger partial charge in [-0.15, -0.1) is 0 Å². The number of carbonyl (C=O) groups is 1. The van der Waals surface area contributed by atoms with Crippen LogP contribution in [-0.2, 0) is 5.75 Å². The smallest absolute Gasteiger partial charge is 0.251 e. The number of amides is 1. The maximum atomic E-state index is 12.1. The monoisotopic (exact) mass is 515 g/mol. The van der Waals surface area contributed by atoms with E-state index in [2.05, 4.69) is 26.2 Å². The maximum Gasteiger partial charge on any atom is 0.251 e. The summed E-state index contributed by atoms with van der Waals surface area (Å²) in [6.45, 7) is 7.24. The summed E-state index contributed by atoms with van der Waals surface area (Å²) in [5.74, 6) is 1.46. The molecule has 4 rings (SSSR count). The van der Waals surface area contributed by atoms with E-state index in [-0.39, 0.29) is 11.9 Å². The fourth-order valence-electron chi connectivity index (χ4n) is 3.74. The highest BCUT2D eigenvalue weighted by Crippen LogP contribution is 2.28. The number of halogens is 2. The van der Waals surface area contributed by atoms with Crippen molar-refractivity contribution in [3.05, 3.63) is 75.9 Å². The summed E-state index contributed by atoms with van der Waals surface area (Å²) in [4.78, 5) is 25.8. The average molecular weight is 516 g/mol. The summed E-state index contributed by atoms with van der Waals surface area (Å²) in [7, 11) is 0. The van der Waals surface area contributed by atoms with Gasteiger partial charge in [0.15, 0.2) is 5.16 Å². The van der Waals surface area contributed by atoms with Gasteiger partial charge in [0.2, 0.25) is 0 Å². The number of nitrogens with zero attached hydrogens (tertiary/aromatic N) is 4. The number of thioether (sulfide) groups is 1. The quantitative estimate of drug-likeness (QED) is 0.253. The lowest BCUT2D eigenvalue weighted by atomic mass is 10.1. The van der Waals surface area contributed by atoms with Crippen molar-refractivity contribution < 1.29 is 4.79 Å². The molecule has 0 spiro atoms. The molecule has 1 N–H and O–H groups in total. The second-order valence-corrected chi connectivity index (χ2v) is 10.1. The predicted octanol–water partition coefficient (Wildman–Crippen LogP) is 5.54. The van der Waals surface area contributed by atoms with E-state index in [0.717, 1.165) is 48.3 Å². The van der Waals surface area contributed by atoms with Crippen LogP contribution in [0.15, 0.2) is 59.8 Å². The van der Waals surface area contributed by atoms with Crippen molar-refractivity contribution in [3.63, 3.8) is 0 Å². The van der Waals surface area contributed by atoms with E-state index in [4.69, 9.17) is 28.2 Å². The molecule has 0 bridgehead atoms. The SMILES string of the molecule is CC(C)NC(=O)c1ccc(CSc2nc(Cl)cc(N3CCN(c4ccccc4Cl)CC3)n2)cc1. The third kappa shape index (κ3) is 6.34. The van der Waals surface area contributed by atoms with Crippen molar-refractivity contribution >= 4 is 52.4 Å². The van der Waals surface area contributed by atoms with Crippen LogP contribution >= 0.6 is 35.0 Å². The molecular formula is C25H27Cl2N5OS. The molecule has 0 saturated carbocycles. The molecule has 1 fully saturated rings. The second kappa shape index (κ2) is 11.3. The summed E-state index contributed by atoms with van der Waals surface area (Å²) >= 11 is 14.2. The van der Waals surface area contributed by atoms with Crippen LogP contribution in [0.4, 0.5) is 11.5 Å². The van der Waals surface area contributed by atoms with Crippen LogP contribution in [-0.4, -0.2) is 48.1 Å². The Kier molecular flexibility index (Phi) is 8.19. The lowest BCUT2D eigenvalue weighted by molar-refractivity contribution is 0.0943. The Morgan fingerprint density at radius 3 is 2.35 bits per heavy atom. The second-order valence-electron chi connectivity index (χ2n) is 8.37. The molecule has 1 saturated heterocycles. The van der Waals surface area contributed by atoms with E-state index >= 15 is 0 Å². The lowest BCUT2D eigenvalue weighted by Crippen LogP contribution is -2.47. The number of hydrogen-bond acceptors (Lipinski definition) is 6. The highest BCUT2D eigenvalue weighted by atomic mass is 35.5. The molecule has 0 unspecified atom stereocenters. The van der Waals surface area contributed by atoms with Gasteiger partial charge in [-0.2, -0.15) is 0 Å². The molecule has 0 atom stereocenters. The number of rotatable bonds is 7. The number of benzene rings is 2. The predicted molar refractivity (Wildman–Crippen MR) is 142 cm³/mol. The minimum Gasteiger partial charge on any atom is -0.367 e. The molecular weight excluding hydrogens is 489 g/mol. The molecule has 0 aliphatic carbocycles. The first-order chi connectivity index (χ1) is 16.4. The van der Waals surface area contributed by atoms with E-state index in [1.54, 1.807) is 0 Å². The van der Waals surface area contributed by atoms with Crippen LogP contribution in [0.1, 0.15) is 29.8 Å². The van der Waals surface area contributed by atoms with Gasteiger partial charge < -0.3 is 15.1 Å². The Hall–Kier alpha value is -2.48. The first kappa shape index (κ1) is 24.6. The number of aromatic nitrogens is 2. The number of anilines is 2. The van der Waals surface area contributed by atoms with E-state index in [9.17, 15) is 4.79 Å². The van der Waals surface area contributed by atoms with Gasteiger partial charge in [-0.1, -0.05) is 59.2 Å². The largest absolute Gasteiger partial charge is 0.367 e. The number of piperazine rings is 1. The van der Waals surface area contributed by atoms with Gasteiger partial charge in [0, 0.05) is 49.6 Å². The average Bonchev–Trinajstić information content (AvgIpc) is 2.83. The molecule has 1 aromatic heterocycles. The highest BCUT2D eigenvalue weighted by molar-refractivity contribution is 7.98. The first-order valence-corrected chi connectivity index (χ1v) is 12.9. The molecule has 1 aliphatic heterocycles. The summed E-state index contributed by atoms with van der Waals surface area (Å²) in [5.41, 5.74) is 2.80. The van der Waals surface area contributed by atoms with Crippen LogP contribution in [0.2, 0.25) is 10.2 Å². The molecule has 6 nitrogen and oxygen atoms in total. The standard InChI is InChI=1S/C25H27Cl2N5OS/c1-17(2)28-24(33)19-9-7-18(8-10-19)16-34-25-29-22(27)15-23(30-25)32-13-11-31(12-14-32)21-6-4-3-5-20(21)26/h3-10,15,17H,11-14,16H2,1-2H3,(H,28,33). The van der Waals surface area contributed by atoms with Crippen LogP contribution in [0.3, 0.4) is 0 Å². The minimum absolute atomic E-state index is 0.0633. The zero-order chi connectivity index (χ0) is 24.1. The highest BCUT2D eigenvalue weighted by Gasteiger charge is 2.21. The van der Waals surface area contributed by atoms with E-state index < -0.39 is 0 Å². The summed E-state index contributed by atoms with van der Waals surface area (Å²) < 4.78 is 0. The van der Waals surface area contributed by atoms with Crippen molar-refractivity contribution in [1.29, 1.82) is 0 Å². The Bertz CT molecular complexity index is 1130. The third-order valence-electron chi connectivity index (χ3n) is 5.46. The number of nitrogens with one attached hydrogen (secondary N) is 1. The topological polar surface area (TPSA) is 61.4 Å². The zero-order valence-corrected chi connectivity index (χ0v) is 21.5. The molecule has 1 aliphatic rings. The normalized spacial score (nSPS) is 13.9. The molecule has 1 amide bonds. The van der Waals surface area contributed by atoms with Crippen molar-refractivity contribution in [2.45, 2.75) is 30.8 Å². The zero-order valence-electron chi connectivity index (χ0n) is 19.2. The molecule has 34 heavy (non-hydrogen) atoms. The Morgan fingerprint density at radius 2 is 1.68 bits per heavy atom. The third-order valence-corrected chi connectivity index (χ3v) is 6.89. The van der Waals surface area contributed by atoms with Crippen molar-refractivity contribution in [2.24, 2.45) is 0 Å². The fraction of sp³-hybridized carbons (Fsp3) is 0.320. The van der Waals surface area contributed by atoms with Gasteiger partial charge in [-0.3, -0.25) is 4.79 Å². The maximum absolute atomic E-state index is 12.1. The van der Waals surface area contributed by atoms with E-state index in [1.165, 1.54) is 11.8 Å². The van der Waals surface area contributed by atoms with Crippen molar-refractivity contribution in [3.8, 4) is 0 Å². The van der Waals surface area contributed by atoms with Gasteiger partial charge in [0.25, 0.3) is 5.91 Å². The van der Waals surface area contributed by atoms with E-state index in [0.29, 0.717) is 21.6 Å². The van der Waals surface area contributed by atoms with Crippen LogP contribution in [0, 0.1) is 0 Å². The summed E-state index contributed by atoms with van der Waals surface area (Å²) in [6.07, 6.45) is 0. The minimum atomic E-state index is -0.0633. The van der Waals surface area contributed by atoms with Crippen LogP contribution in [0.5, 0.6) is 0 Å². The van der Waals surface area contributed by atoms with E-state index in [1.807, 2.05) is 62.4 Å². The summed E-state index contributed by atoms with van der Waals surface area (Å²) in [6, 6.07) is 17.5. The van der Waals surface area contributed by atoms with Crippen molar-refractivity contribution in [2.75, 3.05) is 36.0 Å². The molecule has 3 aromatic rings. The van der Waals surface area contributed by atoms with Crippen LogP contribution in [0.25, 0.3) is 0 Å². The molecule has 2 aromatic carbocycles. The summed E-state index contributed by atoms with van der Waals surface area (Å²) in [5, 5.41) is 4.74. The number of carbonyl (C=O) groups excluding carboxylic acids is 1. The fourth-order valence-corrected chi connectivity index (χ4v) is 5.03. The lowest BCUT2D eigenvalue weighted by Gasteiger charge is -2.37. The Morgan fingerprint density at radius 1 is 1.00 bits per heavy atom. The van der Waals surface area contributed by atoms with Gasteiger partial charge in [-0.05, 0) is 43.7 Å². The Labute approximate surface area is 214 Å². The molecule has 2 heterocycles. The van der Waals surface area contributed by atoms with Gasteiger partial charge in [0.1, 0.15) is 11.0 Å². The van der Waals surface area contributed by atoms with Gasteiger partial charge in [-0.25, -0.2) is 9.97 Å². The van der Waals surface area contributed by atoms with Gasteiger partial charge in [0.05, 0.1) is 10.7 Å². The first-order valence-electron chi connectivity index (χ1n) is 11.2. The molecule has 9 heteroatoms. The molecule has 178 valence electrons. The van der Waals surface area contributed by atoms with Crippen LogP contribution < -0.4 is 15.1 Å². The number of para-hydroxylation sites is 1. The number of hydrogen-bond donors (Lipinski definition) is 1.